The molecular weight excluding hydrogens is 270 g/mol. The Balaban J connectivity index is 1.48. The summed E-state index contributed by atoms with van der Waals surface area (Å²) in [5, 5.41) is 4.44. The van der Waals surface area contributed by atoms with E-state index in [1.807, 2.05) is 15.8 Å². The smallest absolute Gasteiger partial charge is 0.297 e. The molecule has 2 saturated heterocycles. The maximum atomic E-state index is 11.8. The lowest BCUT2D eigenvalue weighted by molar-refractivity contribution is -0.117. The first kappa shape index (κ1) is 12.4. The summed E-state index contributed by atoms with van der Waals surface area (Å²) in [4.78, 5) is 19.9. The maximum Gasteiger partial charge on any atom is 0.297 e. The summed E-state index contributed by atoms with van der Waals surface area (Å²) in [6.45, 7) is 2.54. The second-order valence-electron chi connectivity index (χ2n) is 5.53. The van der Waals surface area contributed by atoms with Crippen molar-refractivity contribution < 1.29 is 9.21 Å². The van der Waals surface area contributed by atoms with Crippen LogP contribution in [0.4, 0.5) is 11.7 Å². The van der Waals surface area contributed by atoms with Crippen molar-refractivity contribution in [1.29, 1.82) is 0 Å². The van der Waals surface area contributed by atoms with Gasteiger partial charge >= 0.3 is 0 Å². The molecule has 7 heteroatoms. The third kappa shape index (κ3) is 2.18. The summed E-state index contributed by atoms with van der Waals surface area (Å²) in [5.74, 6) is 0.197. The molecule has 2 aromatic heterocycles. The molecule has 4 heterocycles. The molecule has 0 spiro atoms. The molecule has 0 saturated carbocycles. The van der Waals surface area contributed by atoms with Crippen molar-refractivity contribution in [3.8, 4) is 0 Å². The van der Waals surface area contributed by atoms with Gasteiger partial charge in [0, 0.05) is 32.3 Å². The quantitative estimate of drug-likeness (QED) is 0.854. The van der Waals surface area contributed by atoms with E-state index in [4.69, 9.17) is 4.42 Å². The van der Waals surface area contributed by atoms with Crippen LogP contribution in [0.15, 0.2) is 29.3 Å². The average Bonchev–Trinajstić information content (AvgIpc) is 3.25. The van der Waals surface area contributed by atoms with Crippen molar-refractivity contribution in [3.63, 3.8) is 0 Å². The van der Waals surface area contributed by atoms with E-state index in [9.17, 15) is 4.79 Å². The van der Waals surface area contributed by atoms with Crippen molar-refractivity contribution >= 4 is 17.6 Å². The summed E-state index contributed by atoms with van der Waals surface area (Å²) < 4.78 is 7.30. The summed E-state index contributed by atoms with van der Waals surface area (Å²) in [6, 6.07) is 0.961. The van der Waals surface area contributed by atoms with Gasteiger partial charge in [-0.05, 0) is 12.8 Å². The first-order valence-electron chi connectivity index (χ1n) is 7.30. The van der Waals surface area contributed by atoms with E-state index in [0.717, 1.165) is 38.2 Å². The number of anilines is 2. The van der Waals surface area contributed by atoms with Crippen LogP contribution < -0.4 is 9.80 Å². The number of aromatic nitrogens is 3. The molecule has 2 fully saturated rings. The minimum Gasteiger partial charge on any atom is -0.432 e. The van der Waals surface area contributed by atoms with Crippen molar-refractivity contribution in [3.05, 3.63) is 24.9 Å². The van der Waals surface area contributed by atoms with Gasteiger partial charge in [-0.15, -0.1) is 0 Å². The number of hydrogen-bond acceptors (Lipinski definition) is 5. The Kier molecular flexibility index (Phi) is 2.90. The molecule has 1 amide bonds. The highest BCUT2D eigenvalue weighted by Crippen LogP contribution is 2.27. The second kappa shape index (κ2) is 4.91. The lowest BCUT2D eigenvalue weighted by Gasteiger charge is -2.14. The largest absolute Gasteiger partial charge is 0.432 e. The third-order valence-corrected chi connectivity index (χ3v) is 4.20. The van der Waals surface area contributed by atoms with Gasteiger partial charge < -0.3 is 14.2 Å². The lowest BCUT2D eigenvalue weighted by atomic mass is 10.3. The number of amides is 1. The normalized spacial score (nSPS) is 22.5. The van der Waals surface area contributed by atoms with Gasteiger partial charge in [0.15, 0.2) is 0 Å². The highest BCUT2D eigenvalue weighted by atomic mass is 16.4. The molecule has 0 bridgehead atoms. The zero-order valence-electron chi connectivity index (χ0n) is 11.7. The van der Waals surface area contributed by atoms with Crippen molar-refractivity contribution in [2.45, 2.75) is 25.3 Å². The van der Waals surface area contributed by atoms with Crippen LogP contribution in [-0.2, 0) is 4.79 Å². The Hall–Kier alpha value is -2.31. The second-order valence-corrected chi connectivity index (χ2v) is 5.53. The predicted octanol–water partition coefficient (Wildman–Crippen LogP) is 1.45. The highest BCUT2D eigenvalue weighted by Gasteiger charge is 2.28. The maximum absolute atomic E-state index is 11.8. The molecule has 0 N–H and O–H groups in total. The van der Waals surface area contributed by atoms with Crippen molar-refractivity contribution in [2.24, 2.45) is 0 Å². The lowest BCUT2D eigenvalue weighted by Crippen LogP contribution is -2.23. The van der Waals surface area contributed by atoms with Crippen LogP contribution in [-0.4, -0.2) is 40.3 Å². The van der Waals surface area contributed by atoms with Crippen molar-refractivity contribution in [2.75, 3.05) is 29.4 Å². The molecule has 0 aromatic carbocycles. The predicted molar refractivity (Wildman–Crippen MR) is 76.2 cm³/mol. The summed E-state index contributed by atoms with van der Waals surface area (Å²) in [6.07, 6.45) is 9.60. The van der Waals surface area contributed by atoms with E-state index in [2.05, 4.69) is 15.0 Å². The Morgan fingerprint density at radius 3 is 3.05 bits per heavy atom. The standard InChI is InChI=1S/C14H17N5O2/c20-13-2-1-5-18(13)12-8-16-19(10-12)11-3-6-17(9-11)14-15-4-7-21-14/h4,7-8,10-11H,1-3,5-6,9H2. The van der Waals surface area contributed by atoms with Gasteiger partial charge in [-0.1, -0.05) is 0 Å². The molecular formula is C14H17N5O2. The highest BCUT2D eigenvalue weighted by molar-refractivity contribution is 5.95. The van der Waals surface area contributed by atoms with E-state index in [-0.39, 0.29) is 5.91 Å². The Labute approximate surface area is 122 Å². The van der Waals surface area contributed by atoms with E-state index in [1.54, 1.807) is 18.7 Å². The fourth-order valence-electron chi connectivity index (χ4n) is 3.09. The molecule has 7 nitrogen and oxygen atoms in total. The van der Waals surface area contributed by atoms with Gasteiger partial charge in [-0.2, -0.15) is 5.10 Å². The minimum absolute atomic E-state index is 0.197. The van der Waals surface area contributed by atoms with Gasteiger partial charge in [0.25, 0.3) is 6.01 Å². The first-order chi connectivity index (χ1) is 10.3. The Morgan fingerprint density at radius 1 is 1.33 bits per heavy atom. The van der Waals surface area contributed by atoms with Gasteiger partial charge in [0.2, 0.25) is 5.91 Å². The summed E-state index contributed by atoms with van der Waals surface area (Å²) >= 11 is 0. The number of rotatable bonds is 3. The van der Waals surface area contributed by atoms with Crippen LogP contribution in [0.3, 0.4) is 0 Å². The molecule has 1 atom stereocenters. The van der Waals surface area contributed by atoms with E-state index < -0.39 is 0 Å². The molecule has 4 rings (SSSR count). The molecule has 110 valence electrons. The van der Waals surface area contributed by atoms with E-state index >= 15 is 0 Å². The van der Waals surface area contributed by atoms with Crippen LogP contribution in [0.5, 0.6) is 0 Å². The van der Waals surface area contributed by atoms with Crippen LogP contribution in [0.25, 0.3) is 0 Å². The minimum atomic E-state index is 0.197. The fraction of sp³-hybridized carbons (Fsp3) is 0.500. The van der Waals surface area contributed by atoms with Crippen molar-refractivity contribution in [1.82, 2.24) is 14.8 Å². The van der Waals surface area contributed by atoms with Crippen LogP contribution in [0, 0.1) is 0 Å². The fourth-order valence-corrected chi connectivity index (χ4v) is 3.09. The first-order valence-corrected chi connectivity index (χ1v) is 7.30. The third-order valence-electron chi connectivity index (χ3n) is 4.20. The van der Waals surface area contributed by atoms with E-state index in [1.165, 1.54) is 0 Å². The summed E-state index contributed by atoms with van der Waals surface area (Å²) in [7, 11) is 0. The molecule has 1 unspecified atom stereocenters. The van der Waals surface area contributed by atoms with Gasteiger partial charge in [0.1, 0.15) is 6.26 Å². The van der Waals surface area contributed by atoms with Crippen LogP contribution in [0.2, 0.25) is 0 Å². The molecule has 0 aliphatic carbocycles. The molecule has 0 radical (unpaired) electrons. The van der Waals surface area contributed by atoms with Gasteiger partial charge in [-0.3, -0.25) is 9.48 Å². The van der Waals surface area contributed by atoms with Crippen LogP contribution in [0.1, 0.15) is 25.3 Å². The average molecular weight is 287 g/mol. The summed E-state index contributed by atoms with van der Waals surface area (Å²) in [5.41, 5.74) is 0.909. The number of carbonyl (C=O) groups is 1. The van der Waals surface area contributed by atoms with Crippen LogP contribution >= 0.6 is 0 Å². The molecule has 21 heavy (non-hydrogen) atoms. The zero-order valence-corrected chi connectivity index (χ0v) is 11.7. The van der Waals surface area contributed by atoms with Gasteiger partial charge in [0.05, 0.1) is 24.1 Å². The Bertz CT molecular complexity index is 636. The number of hydrogen-bond donors (Lipinski definition) is 0. The molecule has 2 aliphatic heterocycles. The van der Waals surface area contributed by atoms with Gasteiger partial charge in [-0.25, -0.2) is 4.98 Å². The molecule has 2 aliphatic rings. The number of carbonyl (C=O) groups excluding carboxylic acids is 1. The topological polar surface area (TPSA) is 67.4 Å². The van der Waals surface area contributed by atoms with E-state index in [0.29, 0.717) is 18.5 Å². The number of oxazole rings is 1. The monoisotopic (exact) mass is 287 g/mol. The molecule has 2 aromatic rings. The SMILES string of the molecule is O=C1CCCN1c1cnn(C2CCN(c3ncco3)C2)c1. The Morgan fingerprint density at radius 2 is 2.29 bits per heavy atom. The number of nitrogens with zero attached hydrogens (tertiary/aromatic N) is 5. The zero-order chi connectivity index (χ0) is 14.2.